The van der Waals surface area contributed by atoms with E-state index >= 15 is 0 Å². The summed E-state index contributed by atoms with van der Waals surface area (Å²) in [6, 6.07) is 0. The van der Waals surface area contributed by atoms with Crippen molar-refractivity contribution in [1.82, 2.24) is 0 Å². The molecule has 0 aliphatic rings. The number of unbranched alkanes of at least 4 members (excludes halogenated alkanes) is 3. The van der Waals surface area contributed by atoms with Crippen molar-refractivity contribution < 1.29 is 32.8 Å². The zero-order valence-electron chi connectivity index (χ0n) is 12.6. The standard InChI is InChI=1S/C13H24O7S.Na.H/c1-4-5-6-7-8-12(2,3)13(11(16)17,9-10(14)15)21(18,19)20;;/h4-9H2,1-3H3,(H,14,15)(H,16,17)(H,18,19,20);;. The molecule has 0 spiro atoms. The van der Waals surface area contributed by atoms with Gasteiger partial charge in [0.1, 0.15) is 0 Å². The number of carboxylic acid groups (broad SMARTS) is 2. The van der Waals surface area contributed by atoms with Crippen LogP contribution in [0.15, 0.2) is 0 Å². The summed E-state index contributed by atoms with van der Waals surface area (Å²) in [6.45, 7) is 4.73. The topological polar surface area (TPSA) is 129 Å². The maximum atomic E-state index is 11.7. The molecule has 0 radical (unpaired) electrons. The molecular formula is C13H25NaO7S. The number of aliphatic carboxylic acids is 2. The first-order valence-electron chi connectivity index (χ1n) is 6.84. The fourth-order valence-electron chi connectivity index (χ4n) is 2.56. The summed E-state index contributed by atoms with van der Waals surface area (Å²) >= 11 is 0. The van der Waals surface area contributed by atoms with Gasteiger partial charge >= 0.3 is 41.5 Å². The Balaban J connectivity index is 0. The molecule has 126 valence electrons. The Morgan fingerprint density at radius 2 is 1.55 bits per heavy atom. The van der Waals surface area contributed by atoms with E-state index in [-0.39, 0.29) is 36.0 Å². The molecule has 0 heterocycles. The second-order valence-electron chi connectivity index (χ2n) is 5.87. The van der Waals surface area contributed by atoms with Crippen LogP contribution in [0.25, 0.3) is 0 Å². The molecular weight excluding hydrogens is 323 g/mol. The van der Waals surface area contributed by atoms with E-state index in [1.807, 2.05) is 6.92 Å². The van der Waals surface area contributed by atoms with Crippen LogP contribution in [0, 0.1) is 5.41 Å². The quantitative estimate of drug-likeness (QED) is 0.310. The van der Waals surface area contributed by atoms with Crippen LogP contribution in [0.1, 0.15) is 59.3 Å². The van der Waals surface area contributed by atoms with Crippen LogP contribution < -0.4 is 0 Å². The van der Waals surface area contributed by atoms with Gasteiger partial charge in [-0.25, -0.2) is 0 Å². The molecule has 0 aliphatic heterocycles. The van der Waals surface area contributed by atoms with E-state index < -0.39 is 38.6 Å². The summed E-state index contributed by atoms with van der Waals surface area (Å²) in [5.74, 6) is -3.43. The van der Waals surface area contributed by atoms with Gasteiger partial charge < -0.3 is 10.2 Å². The number of carboxylic acids is 2. The predicted octanol–water partition coefficient (Wildman–Crippen LogP) is 1.52. The molecule has 0 aromatic carbocycles. The molecule has 0 aliphatic carbocycles. The second kappa shape index (κ2) is 9.22. The van der Waals surface area contributed by atoms with Crippen molar-refractivity contribution in [3.63, 3.8) is 0 Å². The van der Waals surface area contributed by atoms with E-state index in [1.54, 1.807) is 0 Å². The first kappa shape index (κ1) is 24.1. The van der Waals surface area contributed by atoms with Gasteiger partial charge in [-0.1, -0.05) is 46.5 Å². The summed E-state index contributed by atoms with van der Waals surface area (Å²) in [5.41, 5.74) is -1.42. The Kier molecular flexibility index (Phi) is 10.1. The van der Waals surface area contributed by atoms with Crippen molar-refractivity contribution in [3.05, 3.63) is 0 Å². The molecule has 9 heteroatoms. The molecule has 3 N–H and O–H groups in total. The third kappa shape index (κ3) is 5.49. The van der Waals surface area contributed by atoms with Gasteiger partial charge in [0.15, 0.2) is 0 Å². The summed E-state index contributed by atoms with van der Waals surface area (Å²) in [6.07, 6.45) is 2.23. The summed E-state index contributed by atoms with van der Waals surface area (Å²) in [5, 5.41) is 18.2. The minimum absolute atomic E-state index is 0. The van der Waals surface area contributed by atoms with Crippen LogP contribution in [0.3, 0.4) is 0 Å². The monoisotopic (exact) mass is 348 g/mol. The van der Waals surface area contributed by atoms with Gasteiger partial charge in [-0.15, -0.1) is 0 Å². The van der Waals surface area contributed by atoms with Crippen molar-refractivity contribution in [2.24, 2.45) is 5.41 Å². The fourth-order valence-corrected chi connectivity index (χ4v) is 3.89. The van der Waals surface area contributed by atoms with E-state index in [9.17, 15) is 27.7 Å². The molecule has 0 rings (SSSR count). The van der Waals surface area contributed by atoms with Crippen LogP contribution in [-0.4, -0.2) is 69.4 Å². The second-order valence-corrected chi connectivity index (χ2v) is 7.52. The minimum atomic E-state index is -5.10. The molecule has 7 nitrogen and oxygen atoms in total. The fraction of sp³-hybridized carbons (Fsp3) is 0.846. The third-order valence-corrected chi connectivity index (χ3v) is 5.69. The van der Waals surface area contributed by atoms with Crippen molar-refractivity contribution in [1.29, 1.82) is 0 Å². The molecule has 1 atom stereocenters. The van der Waals surface area contributed by atoms with Crippen LogP contribution in [0.4, 0.5) is 0 Å². The van der Waals surface area contributed by atoms with Crippen molar-refractivity contribution in [2.45, 2.75) is 64.0 Å². The average Bonchev–Trinajstić information content (AvgIpc) is 2.29. The van der Waals surface area contributed by atoms with Crippen LogP contribution in [0.5, 0.6) is 0 Å². The number of carbonyl (C=O) groups is 2. The maximum absolute atomic E-state index is 11.7. The van der Waals surface area contributed by atoms with Gasteiger partial charge in [-0.05, 0) is 11.8 Å². The van der Waals surface area contributed by atoms with E-state index in [4.69, 9.17) is 5.11 Å². The predicted molar refractivity (Wildman–Crippen MR) is 83.9 cm³/mol. The molecule has 0 bridgehead atoms. The Morgan fingerprint density at radius 1 is 1.05 bits per heavy atom. The summed E-state index contributed by atoms with van der Waals surface area (Å²) < 4.78 is 30.0. The first-order valence-corrected chi connectivity index (χ1v) is 8.28. The van der Waals surface area contributed by atoms with Gasteiger partial charge in [0.25, 0.3) is 10.1 Å². The molecule has 0 fully saturated rings. The molecule has 0 saturated carbocycles. The zero-order valence-corrected chi connectivity index (χ0v) is 13.4. The van der Waals surface area contributed by atoms with Crippen molar-refractivity contribution in [3.8, 4) is 0 Å². The van der Waals surface area contributed by atoms with Gasteiger partial charge in [0.2, 0.25) is 4.75 Å². The number of hydrogen-bond donors (Lipinski definition) is 3. The van der Waals surface area contributed by atoms with Crippen LogP contribution in [-0.2, 0) is 19.7 Å². The average molecular weight is 348 g/mol. The Morgan fingerprint density at radius 3 is 1.86 bits per heavy atom. The Hall–Kier alpha value is -0.150. The van der Waals surface area contributed by atoms with Crippen molar-refractivity contribution >= 4 is 51.6 Å². The molecule has 0 amide bonds. The number of rotatable bonds is 10. The normalized spacial score (nSPS) is 14.7. The SMILES string of the molecule is CCCCCCC(C)(C)C(CC(=O)O)(C(=O)O)S(=O)(=O)O.[NaH]. The van der Waals surface area contributed by atoms with Gasteiger partial charge in [-0.3, -0.25) is 14.1 Å². The molecule has 0 aromatic heterocycles. The molecule has 22 heavy (non-hydrogen) atoms. The number of hydrogen-bond acceptors (Lipinski definition) is 4. The van der Waals surface area contributed by atoms with E-state index in [0.717, 1.165) is 19.3 Å². The van der Waals surface area contributed by atoms with Gasteiger partial charge in [-0.2, -0.15) is 8.42 Å². The van der Waals surface area contributed by atoms with E-state index in [2.05, 4.69) is 0 Å². The Labute approximate surface area is 153 Å². The van der Waals surface area contributed by atoms with Crippen LogP contribution in [0.2, 0.25) is 0 Å². The molecule has 1 unspecified atom stereocenters. The summed E-state index contributed by atoms with van der Waals surface area (Å²) in [7, 11) is -5.10. The molecule has 0 aromatic rings. The Bertz CT molecular complexity index is 487. The third-order valence-electron chi connectivity index (χ3n) is 3.93. The van der Waals surface area contributed by atoms with Crippen LogP contribution >= 0.6 is 0 Å². The summed E-state index contributed by atoms with van der Waals surface area (Å²) in [4.78, 5) is 22.5. The molecule has 0 saturated heterocycles. The van der Waals surface area contributed by atoms with E-state index in [1.165, 1.54) is 13.8 Å². The van der Waals surface area contributed by atoms with E-state index in [0.29, 0.717) is 6.42 Å². The first-order chi connectivity index (χ1) is 9.42. The van der Waals surface area contributed by atoms with Crippen molar-refractivity contribution in [2.75, 3.05) is 0 Å². The van der Waals surface area contributed by atoms with Gasteiger partial charge in [0.05, 0.1) is 6.42 Å². The zero-order chi connectivity index (χ0) is 16.9. The van der Waals surface area contributed by atoms with Gasteiger partial charge in [0, 0.05) is 0 Å².